The lowest BCUT2D eigenvalue weighted by Gasteiger charge is -2.28. The zero-order valence-electron chi connectivity index (χ0n) is 14.3. The first kappa shape index (κ1) is 16.4. The van der Waals surface area contributed by atoms with Crippen LogP contribution < -0.4 is 11.0 Å². The third-order valence-corrected chi connectivity index (χ3v) is 4.25. The average molecular weight is 329 g/mol. The molecule has 0 bridgehead atoms. The van der Waals surface area contributed by atoms with E-state index in [2.05, 4.69) is 36.2 Å². The number of carbonyl (C=O) groups excluding carboxylic acids is 1. The minimum absolute atomic E-state index is 0.0219. The summed E-state index contributed by atoms with van der Waals surface area (Å²) in [7, 11) is 0. The van der Waals surface area contributed by atoms with Crippen molar-refractivity contribution >= 4 is 5.91 Å². The molecule has 1 atom stereocenters. The molecule has 0 saturated carbocycles. The maximum absolute atomic E-state index is 12.3. The van der Waals surface area contributed by atoms with Gasteiger partial charge in [0.2, 0.25) is 5.91 Å². The first-order valence-electron chi connectivity index (χ1n) is 8.24. The first-order chi connectivity index (χ1) is 11.4. The van der Waals surface area contributed by atoms with Crippen LogP contribution in [0.1, 0.15) is 50.9 Å². The third-order valence-electron chi connectivity index (χ3n) is 4.25. The van der Waals surface area contributed by atoms with Crippen molar-refractivity contribution in [3.05, 3.63) is 46.4 Å². The fourth-order valence-electron chi connectivity index (χ4n) is 3.19. The standard InChI is InChI=1S/C17H23N5O2/c1-17(2,3)22-14-7-4-6-13(12(14)10-19-22)20-15(23)11-21-9-5-8-18-16(21)24/h5,8-10,13H,4,6-7,11H2,1-3H3,(H,20,23)/t13-/m0/s1. The van der Waals surface area contributed by atoms with Crippen LogP contribution in [-0.2, 0) is 23.3 Å². The highest BCUT2D eigenvalue weighted by Gasteiger charge is 2.28. The van der Waals surface area contributed by atoms with Crippen molar-refractivity contribution in [1.82, 2.24) is 24.6 Å². The van der Waals surface area contributed by atoms with E-state index >= 15 is 0 Å². The van der Waals surface area contributed by atoms with Gasteiger partial charge in [-0.15, -0.1) is 0 Å². The minimum atomic E-state index is -0.419. The summed E-state index contributed by atoms with van der Waals surface area (Å²) in [5, 5.41) is 7.56. The number of hydrogen-bond donors (Lipinski definition) is 1. The van der Waals surface area contributed by atoms with Gasteiger partial charge in [0.05, 0.1) is 17.8 Å². The fraction of sp³-hybridized carbons (Fsp3) is 0.529. The Hall–Kier alpha value is -2.44. The average Bonchev–Trinajstić information content (AvgIpc) is 2.95. The zero-order valence-corrected chi connectivity index (χ0v) is 14.3. The van der Waals surface area contributed by atoms with Gasteiger partial charge in [0.1, 0.15) is 6.54 Å². The van der Waals surface area contributed by atoms with Gasteiger partial charge in [-0.2, -0.15) is 5.10 Å². The number of nitrogens with zero attached hydrogens (tertiary/aromatic N) is 4. The Kier molecular flexibility index (Phi) is 4.26. The van der Waals surface area contributed by atoms with Crippen molar-refractivity contribution in [1.29, 1.82) is 0 Å². The van der Waals surface area contributed by atoms with E-state index in [1.54, 1.807) is 12.3 Å². The van der Waals surface area contributed by atoms with Crippen LogP contribution in [0, 0.1) is 0 Å². The molecule has 0 saturated heterocycles. The predicted octanol–water partition coefficient (Wildman–Crippen LogP) is 1.39. The number of aromatic nitrogens is 4. The number of hydrogen-bond acceptors (Lipinski definition) is 4. The molecule has 7 nitrogen and oxygen atoms in total. The van der Waals surface area contributed by atoms with E-state index in [9.17, 15) is 9.59 Å². The van der Waals surface area contributed by atoms with Gasteiger partial charge in [0, 0.05) is 23.7 Å². The van der Waals surface area contributed by atoms with E-state index in [0.29, 0.717) is 0 Å². The number of carbonyl (C=O) groups is 1. The summed E-state index contributed by atoms with van der Waals surface area (Å²) < 4.78 is 3.35. The van der Waals surface area contributed by atoms with Crippen LogP contribution in [0.4, 0.5) is 0 Å². The molecule has 0 aromatic carbocycles. The maximum atomic E-state index is 12.3. The number of amides is 1. The van der Waals surface area contributed by atoms with Gasteiger partial charge in [-0.25, -0.2) is 9.78 Å². The summed E-state index contributed by atoms with van der Waals surface area (Å²) in [4.78, 5) is 27.6. The fourth-order valence-corrected chi connectivity index (χ4v) is 3.19. The molecule has 7 heteroatoms. The van der Waals surface area contributed by atoms with Crippen molar-refractivity contribution in [2.24, 2.45) is 0 Å². The van der Waals surface area contributed by atoms with Crippen molar-refractivity contribution in [2.75, 3.05) is 0 Å². The van der Waals surface area contributed by atoms with Crippen LogP contribution in [0.5, 0.6) is 0 Å². The van der Waals surface area contributed by atoms with Crippen LogP contribution in [0.3, 0.4) is 0 Å². The van der Waals surface area contributed by atoms with Gasteiger partial charge in [0.15, 0.2) is 0 Å². The summed E-state index contributed by atoms with van der Waals surface area (Å²) in [6.07, 6.45) is 7.72. The highest BCUT2D eigenvalue weighted by Crippen LogP contribution is 2.32. The van der Waals surface area contributed by atoms with Crippen LogP contribution in [-0.4, -0.2) is 25.2 Å². The molecule has 0 unspecified atom stereocenters. The molecule has 0 aliphatic heterocycles. The number of fused-ring (bicyclic) bond motifs is 1. The summed E-state index contributed by atoms with van der Waals surface area (Å²) in [5.74, 6) is -0.188. The van der Waals surface area contributed by atoms with Gasteiger partial charge in [-0.05, 0) is 46.1 Å². The molecule has 0 spiro atoms. The van der Waals surface area contributed by atoms with E-state index in [4.69, 9.17) is 0 Å². The molecule has 24 heavy (non-hydrogen) atoms. The van der Waals surface area contributed by atoms with Crippen LogP contribution >= 0.6 is 0 Å². The number of rotatable bonds is 3. The van der Waals surface area contributed by atoms with E-state index in [1.165, 1.54) is 16.5 Å². The van der Waals surface area contributed by atoms with E-state index in [0.717, 1.165) is 24.8 Å². The lowest BCUT2D eigenvalue weighted by molar-refractivity contribution is -0.122. The molecule has 1 N–H and O–H groups in total. The Bertz CT molecular complexity index is 800. The molecule has 0 fully saturated rings. The van der Waals surface area contributed by atoms with Crippen LogP contribution in [0.2, 0.25) is 0 Å². The Morgan fingerprint density at radius 3 is 2.92 bits per heavy atom. The van der Waals surface area contributed by atoms with E-state index in [1.807, 2.05) is 10.9 Å². The summed E-state index contributed by atoms with van der Waals surface area (Å²) in [6, 6.07) is 1.59. The smallest absolute Gasteiger partial charge is 0.347 e. The lowest BCUT2D eigenvalue weighted by atomic mass is 9.92. The Labute approximate surface area is 140 Å². The van der Waals surface area contributed by atoms with Gasteiger partial charge in [-0.1, -0.05) is 0 Å². The second-order valence-corrected chi connectivity index (χ2v) is 7.17. The summed E-state index contributed by atoms with van der Waals surface area (Å²) in [6.45, 7) is 6.35. The molecule has 128 valence electrons. The molecule has 1 aliphatic rings. The van der Waals surface area contributed by atoms with Gasteiger partial charge in [0.25, 0.3) is 0 Å². The number of nitrogens with one attached hydrogen (secondary N) is 1. The first-order valence-corrected chi connectivity index (χ1v) is 8.24. The maximum Gasteiger partial charge on any atom is 0.347 e. The molecule has 0 radical (unpaired) electrons. The molecule has 2 aromatic rings. The zero-order chi connectivity index (χ0) is 17.3. The topological polar surface area (TPSA) is 81.8 Å². The Morgan fingerprint density at radius 1 is 1.42 bits per heavy atom. The van der Waals surface area contributed by atoms with E-state index in [-0.39, 0.29) is 24.0 Å². The van der Waals surface area contributed by atoms with Crippen molar-refractivity contribution < 1.29 is 4.79 Å². The monoisotopic (exact) mass is 329 g/mol. The highest BCUT2D eigenvalue weighted by molar-refractivity contribution is 5.76. The van der Waals surface area contributed by atoms with Gasteiger partial charge in [-0.3, -0.25) is 14.0 Å². The molecular weight excluding hydrogens is 306 g/mol. The minimum Gasteiger partial charge on any atom is -0.348 e. The molecular formula is C17H23N5O2. The van der Waals surface area contributed by atoms with Gasteiger partial charge >= 0.3 is 5.69 Å². The van der Waals surface area contributed by atoms with E-state index < -0.39 is 5.69 Å². The van der Waals surface area contributed by atoms with Crippen molar-refractivity contribution in [3.63, 3.8) is 0 Å². The Balaban J connectivity index is 1.76. The normalized spacial score (nSPS) is 17.4. The van der Waals surface area contributed by atoms with Crippen molar-refractivity contribution in [2.45, 2.75) is 58.2 Å². The lowest BCUT2D eigenvalue weighted by Crippen LogP contribution is -2.36. The molecule has 3 rings (SSSR count). The third kappa shape index (κ3) is 3.25. The molecule has 1 amide bonds. The summed E-state index contributed by atoms with van der Waals surface area (Å²) in [5.41, 5.74) is 1.78. The van der Waals surface area contributed by atoms with Crippen molar-refractivity contribution in [3.8, 4) is 0 Å². The predicted molar refractivity (Wildman–Crippen MR) is 89.5 cm³/mol. The van der Waals surface area contributed by atoms with Gasteiger partial charge < -0.3 is 5.32 Å². The quantitative estimate of drug-likeness (QED) is 0.922. The molecule has 2 heterocycles. The Morgan fingerprint density at radius 2 is 2.21 bits per heavy atom. The second-order valence-electron chi connectivity index (χ2n) is 7.17. The highest BCUT2D eigenvalue weighted by atomic mass is 16.2. The molecule has 1 aliphatic carbocycles. The van der Waals surface area contributed by atoms with Crippen LogP contribution in [0.15, 0.2) is 29.5 Å². The molecule has 2 aromatic heterocycles. The largest absolute Gasteiger partial charge is 0.348 e. The SMILES string of the molecule is CC(C)(C)n1ncc2c1CCC[C@@H]2NC(=O)Cn1cccnc1=O. The second kappa shape index (κ2) is 6.22. The van der Waals surface area contributed by atoms with Crippen LogP contribution in [0.25, 0.3) is 0 Å². The summed E-state index contributed by atoms with van der Waals surface area (Å²) >= 11 is 0.